The smallest absolute Gasteiger partial charge is 0.0991 e. The number of hydrogen-bond donors (Lipinski definition) is 1. The summed E-state index contributed by atoms with van der Waals surface area (Å²) in [4.78, 5) is 0. The maximum absolute atomic E-state index is 8.69. The summed E-state index contributed by atoms with van der Waals surface area (Å²) in [5, 5.41) is 20.7. The zero-order valence-electron chi connectivity index (χ0n) is 9.03. The molecule has 1 aliphatic carbocycles. The first-order valence-corrected chi connectivity index (χ1v) is 5.39. The molecular weight excluding hydrogens is 198 g/mol. The van der Waals surface area contributed by atoms with Gasteiger partial charge in [0.25, 0.3) is 0 Å². The highest BCUT2D eigenvalue weighted by atomic mass is 14.9. The number of anilines is 1. The van der Waals surface area contributed by atoms with Crippen LogP contribution in [0.4, 0.5) is 5.69 Å². The largest absolute Gasteiger partial charge is 0.384 e. The molecular formula is C13H13N3. The van der Waals surface area contributed by atoms with Gasteiger partial charge in [0.2, 0.25) is 0 Å². The second kappa shape index (κ2) is 4.24. The molecule has 0 heterocycles. The van der Waals surface area contributed by atoms with Gasteiger partial charge in [-0.15, -0.1) is 0 Å². The first kappa shape index (κ1) is 10.5. The van der Waals surface area contributed by atoms with Gasteiger partial charge < -0.3 is 5.32 Å². The van der Waals surface area contributed by atoms with Gasteiger partial charge in [-0.25, -0.2) is 0 Å². The molecule has 1 aromatic carbocycles. The van der Waals surface area contributed by atoms with Gasteiger partial charge in [0.1, 0.15) is 0 Å². The fourth-order valence-electron chi connectivity index (χ4n) is 1.71. The molecule has 0 aliphatic heterocycles. The van der Waals surface area contributed by atoms with Crippen molar-refractivity contribution in [2.75, 3.05) is 11.9 Å². The Balaban J connectivity index is 1.91. The lowest BCUT2D eigenvalue weighted by Gasteiger charge is -2.13. The van der Waals surface area contributed by atoms with Gasteiger partial charge in [-0.3, -0.25) is 0 Å². The summed E-state index contributed by atoms with van der Waals surface area (Å²) in [6.45, 7) is 0.854. The third kappa shape index (κ3) is 2.32. The topological polar surface area (TPSA) is 59.6 Å². The Morgan fingerprint density at radius 3 is 2.38 bits per heavy atom. The molecule has 1 saturated carbocycles. The maximum atomic E-state index is 8.69. The molecule has 0 saturated heterocycles. The van der Waals surface area contributed by atoms with Crippen LogP contribution in [0.5, 0.6) is 0 Å². The van der Waals surface area contributed by atoms with Crippen molar-refractivity contribution in [2.24, 2.45) is 5.41 Å². The quantitative estimate of drug-likeness (QED) is 0.832. The van der Waals surface area contributed by atoms with E-state index in [1.165, 1.54) is 0 Å². The minimum Gasteiger partial charge on any atom is -0.384 e. The Morgan fingerprint density at radius 1 is 1.19 bits per heavy atom. The van der Waals surface area contributed by atoms with Crippen molar-refractivity contribution >= 4 is 5.69 Å². The normalized spacial score (nSPS) is 15.9. The van der Waals surface area contributed by atoms with E-state index < -0.39 is 0 Å². The van der Waals surface area contributed by atoms with E-state index >= 15 is 0 Å². The molecule has 3 heteroatoms. The van der Waals surface area contributed by atoms with Crippen LogP contribution in [0.25, 0.3) is 0 Å². The van der Waals surface area contributed by atoms with Crippen LogP contribution in [0, 0.1) is 28.1 Å². The molecule has 3 nitrogen and oxygen atoms in total. The number of nitrogens with zero attached hydrogens (tertiary/aromatic N) is 2. The summed E-state index contributed by atoms with van der Waals surface area (Å²) in [6.07, 6.45) is 2.92. The average Bonchev–Trinajstić information content (AvgIpc) is 3.08. The maximum Gasteiger partial charge on any atom is 0.0991 e. The van der Waals surface area contributed by atoms with E-state index in [9.17, 15) is 0 Å². The molecule has 0 radical (unpaired) electrons. The first-order chi connectivity index (χ1) is 7.78. The Morgan fingerprint density at radius 2 is 1.88 bits per heavy atom. The minimum atomic E-state index is 0.211. The SMILES string of the molecule is N#CCC1(CNc2ccc(C#N)cc2)CC1. The molecule has 1 N–H and O–H groups in total. The van der Waals surface area contributed by atoms with E-state index in [1.54, 1.807) is 12.1 Å². The Bertz CT molecular complexity index is 444. The van der Waals surface area contributed by atoms with Crippen LogP contribution in [0.15, 0.2) is 24.3 Å². The predicted octanol–water partition coefficient (Wildman–Crippen LogP) is 2.66. The van der Waals surface area contributed by atoms with Crippen LogP contribution < -0.4 is 5.32 Å². The molecule has 0 amide bonds. The average molecular weight is 211 g/mol. The molecule has 0 atom stereocenters. The second-order valence-electron chi connectivity index (χ2n) is 4.38. The summed E-state index contributed by atoms with van der Waals surface area (Å²) in [7, 11) is 0. The van der Waals surface area contributed by atoms with Crippen molar-refractivity contribution in [3.8, 4) is 12.1 Å². The minimum absolute atomic E-state index is 0.211. The lowest BCUT2D eigenvalue weighted by Crippen LogP contribution is -2.14. The zero-order valence-corrected chi connectivity index (χ0v) is 9.03. The molecule has 80 valence electrons. The zero-order chi connectivity index (χ0) is 11.4. The van der Waals surface area contributed by atoms with Crippen LogP contribution in [-0.2, 0) is 0 Å². The number of benzene rings is 1. The van der Waals surface area contributed by atoms with Crippen LogP contribution in [0.2, 0.25) is 0 Å². The van der Waals surface area contributed by atoms with Crippen LogP contribution in [0.3, 0.4) is 0 Å². The summed E-state index contributed by atoms with van der Waals surface area (Å²) < 4.78 is 0. The fraction of sp³-hybridized carbons (Fsp3) is 0.385. The van der Waals surface area contributed by atoms with Crippen LogP contribution >= 0.6 is 0 Å². The molecule has 0 bridgehead atoms. The lowest BCUT2D eigenvalue weighted by atomic mass is 10.0. The summed E-state index contributed by atoms with van der Waals surface area (Å²) in [5.74, 6) is 0. The lowest BCUT2D eigenvalue weighted by molar-refractivity contribution is 0.557. The van der Waals surface area contributed by atoms with Crippen molar-refractivity contribution in [3.05, 3.63) is 29.8 Å². The standard InChI is InChI=1S/C13H13N3/c14-8-7-13(5-6-13)10-16-12-3-1-11(9-15)2-4-12/h1-4,16H,5-7,10H2. The molecule has 16 heavy (non-hydrogen) atoms. The summed E-state index contributed by atoms with van der Waals surface area (Å²) in [6, 6.07) is 11.7. The third-order valence-electron chi connectivity index (χ3n) is 3.09. The Labute approximate surface area is 95.3 Å². The fourth-order valence-corrected chi connectivity index (χ4v) is 1.71. The highest BCUT2D eigenvalue weighted by Gasteiger charge is 2.41. The van der Waals surface area contributed by atoms with Gasteiger partial charge in [-0.1, -0.05) is 0 Å². The van der Waals surface area contributed by atoms with Crippen molar-refractivity contribution < 1.29 is 0 Å². The van der Waals surface area contributed by atoms with Gasteiger partial charge in [0.05, 0.1) is 17.7 Å². The molecule has 0 aromatic heterocycles. The van der Waals surface area contributed by atoms with Gasteiger partial charge in [0.15, 0.2) is 0 Å². The second-order valence-corrected chi connectivity index (χ2v) is 4.38. The molecule has 1 fully saturated rings. The Hall–Kier alpha value is -2.00. The Kier molecular flexibility index (Phi) is 2.79. The van der Waals surface area contributed by atoms with Gasteiger partial charge in [0, 0.05) is 24.1 Å². The van der Waals surface area contributed by atoms with Crippen LogP contribution in [0.1, 0.15) is 24.8 Å². The van der Waals surface area contributed by atoms with E-state index in [4.69, 9.17) is 10.5 Å². The molecule has 1 aromatic rings. The van der Waals surface area contributed by atoms with Crippen molar-refractivity contribution in [2.45, 2.75) is 19.3 Å². The number of nitrogens with one attached hydrogen (secondary N) is 1. The molecule has 0 spiro atoms. The van der Waals surface area contributed by atoms with E-state index in [0.29, 0.717) is 12.0 Å². The first-order valence-electron chi connectivity index (χ1n) is 5.39. The monoisotopic (exact) mass is 211 g/mol. The van der Waals surface area contributed by atoms with E-state index in [1.807, 2.05) is 12.1 Å². The van der Waals surface area contributed by atoms with Gasteiger partial charge in [-0.2, -0.15) is 10.5 Å². The van der Waals surface area contributed by atoms with Crippen molar-refractivity contribution in [1.82, 2.24) is 0 Å². The molecule has 2 rings (SSSR count). The van der Waals surface area contributed by atoms with Crippen molar-refractivity contribution in [1.29, 1.82) is 10.5 Å². The van der Waals surface area contributed by atoms with E-state index in [0.717, 1.165) is 25.1 Å². The van der Waals surface area contributed by atoms with Gasteiger partial charge >= 0.3 is 0 Å². The third-order valence-corrected chi connectivity index (χ3v) is 3.09. The number of hydrogen-bond acceptors (Lipinski definition) is 3. The van der Waals surface area contributed by atoms with E-state index in [-0.39, 0.29) is 5.41 Å². The summed E-state index contributed by atoms with van der Waals surface area (Å²) in [5.41, 5.74) is 1.90. The molecule has 1 aliphatic rings. The highest BCUT2D eigenvalue weighted by Crippen LogP contribution is 2.48. The van der Waals surface area contributed by atoms with Crippen LogP contribution in [-0.4, -0.2) is 6.54 Å². The van der Waals surface area contributed by atoms with Crippen molar-refractivity contribution in [3.63, 3.8) is 0 Å². The number of nitriles is 2. The summed E-state index contributed by atoms with van der Waals surface area (Å²) >= 11 is 0. The molecule has 0 unspecified atom stereocenters. The predicted molar refractivity (Wildman–Crippen MR) is 61.5 cm³/mol. The number of rotatable bonds is 4. The highest BCUT2D eigenvalue weighted by molar-refractivity contribution is 5.47. The van der Waals surface area contributed by atoms with E-state index in [2.05, 4.69) is 17.5 Å². The van der Waals surface area contributed by atoms with Gasteiger partial charge in [-0.05, 0) is 37.1 Å².